The number of nitrogens with zero attached hydrogens (tertiary/aromatic N) is 2. The maximum absolute atomic E-state index is 13.6. The molecule has 2 atom stereocenters. The first-order valence-electron chi connectivity index (χ1n) is 12.0. The highest BCUT2D eigenvalue weighted by atomic mass is 35.5. The van der Waals surface area contributed by atoms with Crippen LogP contribution in [0.25, 0.3) is 0 Å². The third-order valence-corrected chi connectivity index (χ3v) is 7.83. The van der Waals surface area contributed by atoms with Crippen molar-refractivity contribution in [3.63, 3.8) is 0 Å². The van der Waals surface area contributed by atoms with Crippen LogP contribution in [0.1, 0.15) is 42.3 Å². The van der Waals surface area contributed by atoms with Crippen LogP contribution in [0.15, 0.2) is 66.0 Å². The highest BCUT2D eigenvalue weighted by Crippen LogP contribution is 2.34. The first-order valence-corrected chi connectivity index (χ1v) is 13.3. The molecular weight excluding hydrogens is 480 g/mol. The van der Waals surface area contributed by atoms with Crippen LogP contribution in [0, 0.1) is 0 Å². The molecule has 2 aromatic carbocycles. The molecule has 4 rings (SSSR count). The van der Waals surface area contributed by atoms with Crippen molar-refractivity contribution >= 4 is 34.8 Å². The van der Waals surface area contributed by atoms with Crippen LogP contribution >= 0.6 is 22.9 Å². The fraction of sp³-hybridized carbons (Fsp3) is 0.357. The molecule has 0 radical (unpaired) electrons. The standard InChI is InChI=1S/C28H31ClN2O3S/c1-3-20(2)31(27(32)17-21-7-5-4-6-8-21)18-28(33)30-15-13-26-24(14-16-35-26)25(30)19-34-23-11-9-22(29)10-12-23/h4-12,14,16,20,25H,3,13,15,17-19H2,1-2H3. The third kappa shape index (κ3) is 6.24. The van der Waals surface area contributed by atoms with E-state index in [0.29, 0.717) is 23.9 Å². The minimum atomic E-state index is -0.198. The van der Waals surface area contributed by atoms with Gasteiger partial charge in [0.25, 0.3) is 0 Å². The van der Waals surface area contributed by atoms with Crippen LogP contribution in [-0.2, 0) is 22.4 Å². The molecule has 5 nitrogen and oxygen atoms in total. The summed E-state index contributed by atoms with van der Waals surface area (Å²) in [5, 5.41) is 2.72. The molecule has 2 unspecified atom stereocenters. The van der Waals surface area contributed by atoms with E-state index in [-0.39, 0.29) is 36.9 Å². The summed E-state index contributed by atoms with van der Waals surface area (Å²) in [6.07, 6.45) is 1.89. The van der Waals surface area contributed by atoms with E-state index in [9.17, 15) is 9.59 Å². The lowest BCUT2D eigenvalue weighted by atomic mass is 10.00. The molecule has 184 valence electrons. The lowest BCUT2D eigenvalue weighted by Gasteiger charge is -2.38. The summed E-state index contributed by atoms with van der Waals surface area (Å²) in [6, 6.07) is 18.8. The molecule has 1 aliphatic rings. The van der Waals surface area contributed by atoms with Crippen molar-refractivity contribution in [1.29, 1.82) is 0 Å². The van der Waals surface area contributed by atoms with Gasteiger partial charge in [0, 0.05) is 22.5 Å². The number of hydrogen-bond donors (Lipinski definition) is 0. The largest absolute Gasteiger partial charge is 0.491 e. The molecule has 0 saturated carbocycles. The van der Waals surface area contributed by atoms with E-state index in [1.165, 1.54) is 4.88 Å². The number of carbonyl (C=O) groups is 2. The van der Waals surface area contributed by atoms with E-state index < -0.39 is 0 Å². The van der Waals surface area contributed by atoms with Gasteiger partial charge in [0.15, 0.2) is 0 Å². The van der Waals surface area contributed by atoms with Gasteiger partial charge in [0.1, 0.15) is 18.9 Å². The number of ether oxygens (including phenoxy) is 1. The summed E-state index contributed by atoms with van der Waals surface area (Å²) in [5.74, 6) is 0.637. The van der Waals surface area contributed by atoms with Gasteiger partial charge in [0.2, 0.25) is 11.8 Å². The van der Waals surface area contributed by atoms with Crippen molar-refractivity contribution in [2.24, 2.45) is 0 Å². The number of amides is 2. The number of carbonyl (C=O) groups excluding carboxylic acids is 2. The summed E-state index contributed by atoms with van der Waals surface area (Å²) in [4.78, 5) is 31.8. The maximum atomic E-state index is 13.6. The van der Waals surface area contributed by atoms with E-state index >= 15 is 0 Å². The van der Waals surface area contributed by atoms with Gasteiger partial charge in [-0.25, -0.2) is 0 Å². The molecule has 2 heterocycles. The van der Waals surface area contributed by atoms with E-state index in [2.05, 4.69) is 11.4 Å². The van der Waals surface area contributed by atoms with Gasteiger partial charge in [-0.15, -0.1) is 11.3 Å². The van der Waals surface area contributed by atoms with Crippen LogP contribution in [0.2, 0.25) is 5.02 Å². The number of rotatable bonds is 9. The first-order chi connectivity index (χ1) is 17.0. The van der Waals surface area contributed by atoms with Gasteiger partial charge in [-0.2, -0.15) is 0 Å². The van der Waals surface area contributed by atoms with Crippen molar-refractivity contribution < 1.29 is 14.3 Å². The highest BCUT2D eigenvalue weighted by Gasteiger charge is 2.34. The minimum Gasteiger partial charge on any atom is -0.491 e. The van der Waals surface area contributed by atoms with Gasteiger partial charge in [-0.3, -0.25) is 9.59 Å². The topological polar surface area (TPSA) is 49.9 Å². The number of hydrogen-bond acceptors (Lipinski definition) is 4. The van der Waals surface area contributed by atoms with Crippen LogP contribution in [0.4, 0.5) is 0 Å². The average Bonchev–Trinajstić information content (AvgIpc) is 3.36. The molecule has 0 aliphatic carbocycles. The second-order valence-corrected chi connectivity index (χ2v) is 10.3. The molecule has 35 heavy (non-hydrogen) atoms. The van der Waals surface area contributed by atoms with Crippen LogP contribution < -0.4 is 4.74 Å². The summed E-state index contributed by atoms with van der Waals surface area (Å²) in [7, 11) is 0. The Kier molecular flexibility index (Phi) is 8.47. The van der Waals surface area contributed by atoms with Crippen molar-refractivity contribution in [2.45, 2.75) is 45.2 Å². The zero-order valence-electron chi connectivity index (χ0n) is 20.2. The zero-order valence-corrected chi connectivity index (χ0v) is 21.7. The second kappa shape index (κ2) is 11.7. The van der Waals surface area contributed by atoms with Crippen molar-refractivity contribution in [3.8, 4) is 5.75 Å². The summed E-state index contributed by atoms with van der Waals surface area (Å²) in [6.45, 7) is 5.07. The molecule has 2 amide bonds. The summed E-state index contributed by atoms with van der Waals surface area (Å²) in [5.41, 5.74) is 2.09. The van der Waals surface area contributed by atoms with Crippen molar-refractivity contribution in [2.75, 3.05) is 19.7 Å². The Labute approximate surface area is 216 Å². The fourth-order valence-electron chi connectivity index (χ4n) is 4.40. The van der Waals surface area contributed by atoms with Crippen LogP contribution in [-0.4, -0.2) is 47.4 Å². The molecule has 7 heteroatoms. The molecule has 0 N–H and O–H groups in total. The Morgan fingerprint density at radius 3 is 2.60 bits per heavy atom. The Morgan fingerprint density at radius 2 is 1.89 bits per heavy atom. The normalized spacial score (nSPS) is 15.9. The fourth-order valence-corrected chi connectivity index (χ4v) is 5.45. The monoisotopic (exact) mass is 510 g/mol. The molecule has 0 spiro atoms. The van der Waals surface area contributed by atoms with Gasteiger partial charge < -0.3 is 14.5 Å². The van der Waals surface area contributed by atoms with E-state index in [1.54, 1.807) is 28.4 Å². The lowest BCUT2D eigenvalue weighted by Crippen LogP contribution is -2.50. The Bertz CT molecular complexity index is 1130. The van der Waals surface area contributed by atoms with Crippen molar-refractivity contribution in [3.05, 3.63) is 87.1 Å². The Balaban J connectivity index is 1.50. The Morgan fingerprint density at radius 1 is 1.14 bits per heavy atom. The quantitative estimate of drug-likeness (QED) is 0.367. The maximum Gasteiger partial charge on any atom is 0.242 e. The SMILES string of the molecule is CCC(C)N(CC(=O)N1CCc2sccc2C1COc1ccc(Cl)cc1)C(=O)Cc1ccccc1. The summed E-state index contributed by atoms with van der Waals surface area (Å²) < 4.78 is 6.08. The first kappa shape index (κ1) is 25.3. The predicted molar refractivity (Wildman–Crippen MR) is 141 cm³/mol. The number of thiophene rings is 1. The summed E-state index contributed by atoms with van der Waals surface area (Å²) >= 11 is 7.72. The van der Waals surface area contributed by atoms with E-state index in [4.69, 9.17) is 16.3 Å². The Hall–Kier alpha value is -2.83. The zero-order chi connectivity index (χ0) is 24.8. The van der Waals surface area contributed by atoms with Crippen LogP contribution in [0.3, 0.4) is 0 Å². The molecule has 1 aliphatic heterocycles. The third-order valence-electron chi connectivity index (χ3n) is 6.58. The molecule has 3 aromatic rings. The molecule has 0 bridgehead atoms. The average molecular weight is 511 g/mol. The molecule has 1 aromatic heterocycles. The molecule has 0 saturated heterocycles. The number of halogens is 1. The van der Waals surface area contributed by atoms with Crippen molar-refractivity contribution in [1.82, 2.24) is 9.80 Å². The van der Waals surface area contributed by atoms with Gasteiger partial charge in [0.05, 0.1) is 12.5 Å². The van der Waals surface area contributed by atoms with Crippen LogP contribution in [0.5, 0.6) is 5.75 Å². The van der Waals surface area contributed by atoms with E-state index in [1.807, 2.05) is 61.2 Å². The minimum absolute atomic E-state index is 0.0268. The smallest absolute Gasteiger partial charge is 0.242 e. The van der Waals surface area contributed by atoms with E-state index in [0.717, 1.165) is 24.0 Å². The molecule has 0 fully saturated rings. The lowest BCUT2D eigenvalue weighted by molar-refractivity contribution is -0.144. The number of fused-ring (bicyclic) bond motifs is 1. The second-order valence-electron chi connectivity index (χ2n) is 8.86. The van der Waals surface area contributed by atoms with Gasteiger partial charge in [-0.1, -0.05) is 48.9 Å². The predicted octanol–water partition coefficient (Wildman–Crippen LogP) is 5.78. The van der Waals surface area contributed by atoms with Gasteiger partial charge in [-0.05, 0) is 66.6 Å². The number of benzene rings is 2. The highest BCUT2D eigenvalue weighted by molar-refractivity contribution is 7.10. The van der Waals surface area contributed by atoms with Gasteiger partial charge >= 0.3 is 0 Å². The molecular formula is C28H31ClN2O3S.